The zero-order chi connectivity index (χ0) is 18.1. The Bertz CT molecular complexity index is 1100. The number of hydrogen-bond acceptors (Lipinski definition) is 4. The van der Waals surface area contributed by atoms with Crippen LogP contribution < -0.4 is 5.56 Å². The average molecular weight is 393 g/mol. The van der Waals surface area contributed by atoms with Crippen molar-refractivity contribution in [3.63, 3.8) is 0 Å². The van der Waals surface area contributed by atoms with Gasteiger partial charge in [-0.05, 0) is 30.3 Å². The first-order valence-corrected chi connectivity index (χ1v) is 8.13. The van der Waals surface area contributed by atoms with Gasteiger partial charge in [0, 0.05) is 10.6 Å². The van der Waals surface area contributed by atoms with Crippen molar-refractivity contribution >= 4 is 51.5 Å². The molecule has 0 amide bonds. The number of benzene rings is 2. The summed E-state index contributed by atoms with van der Waals surface area (Å²) in [6.07, 6.45) is 0. The normalized spacial score (nSPS) is 11.9. The van der Waals surface area contributed by atoms with Crippen LogP contribution in [-0.4, -0.2) is 15.8 Å². The molecule has 0 fully saturated rings. The van der Waals surface area contributed by atoms with Crippen LogP contribution in [0.5, 0.6) is 0 Å². The van der Waals surface area contributed by atoms with Crippen LogP contribution in [0.3, 0.4) is 0 Å². The van der Waals surface area contributed by atoms with Gasteiger partial charge in [-0.3, -0.25) is 9.59 Å². The van der Waals surface area contributed by atoms with E-state index < -0.39 is 17.3 Å². The fourth-order valence-electron chi connectivity index (χ4n) is 2.39. The molecule has 0 aliphatic heterocycles. The average Bonchev–Trinajstić information content (AvgIpc) is 2.55. The number of nitrogens with zero attached hydrogens (tertiary/aromatic N) is 2. The van der Waals surface area contributed by atoms with E-state index in [1.165, 1.54) is 18.2 Å². The Morgan fingerprint density at radius 3 is 2.60 bits per heavy atom. The number of ketones is 1. The molecule has 1 N–H and O–H groups in total. The summed E-state index contributed by atoms with van der Waals surface area (Å²) < 4.78 is 0. The van der Waals surface area contributed by atoms with E-state index in [-0.39, 0.29) is 26.8 Å². The second-order valence-corrected chi connectivity index (χ2v) is 6.39. The molecule has 0 bridgehead atoms. The minimum absolute atomic E-state index is 0.0710. The van der Waals surface area contributed by atoms with Crippen molar-refractivity contribution in [1.82, 2.24) is 9.97 Å². The Hall–Kier alpha value is -2.39. The van der Waals surface area contributed by atoms with Gasteiger partial charge >= 0.3 is 0 Å². The Balaban J connectivity index is 2.13. The predicted octanol–water partition coefficient (Wildman–Crippen LogP) is 4.37. The molecule has 1 aromatic heterocycles. The first-order valence-electron chi connectivity index (χ1n) is 6.99. The second kappa shape index (κ2) is 6.85. The monoisotopic (exact) mass is 391 g/mol. The van der Waals surface area contributed by atoms with Crippen LogP contribution >= 0.6 is 34.8 Å². The largest absolute Gasteiger partial charge is 0.308 e. The van der Waals surface area contributed by atoms with Crippen LogP contribution in [0, 0.1) is 11.3 Å². The zero-order valence-corrected chi connectivity index (χ0v) is 14.7. The SMILES string of the molecule is N#CC(C(=O)c1ccc(Cl)cc1Cl)c1nc2cccc(Cl)c2c(=O)[nH]1. The molecule has 2 aromatic carbocycles. The van der Waals surface area contributed by atoms with Crippen LogP contribution in [0.1, 0.15) is 22.1 Å². The lowest BCUT2D eigenvalue weighted by Gasteiger charge is -2.10. The van der Waals surface area contributed by atoms with Gasteiger partial charge in [0.25, 0.3) is 5.56 Å². The maximum Gasteiger partial charge on any atom is 0.260 e. The quantitative estimate of drug-likeness (QED) is 0.670. The minimum Gasteiger partial charge on any atom is -0.308 e. The van der Waals surface area contributed by atoms with Gasteiger partial charge in [0.15, 0.2) is 11.7 Å². The first kappa shape index (κ1) is 17.4. The number of aromatic amines is 1. The summed E-state index contributed by atoms with van der Waals surface area (Å²) >= 11 is 17.9. The lowest BCUT2D eigenvalue weighted by molar-refractivity contribution is 0.0976. The molecule has 3 aromatic rings. The number of nitriles is 1. The number of carbonyl (C=O) groups excluding carboxylic acids is 1. The van der Waals surface area contributed by atoms with E-state index in [0.29, 0.717) is 10.5 Å². The lowest BCUT2D eigenvalue weighted by Crippen LogP contribution is -2.20. The number of carbonyl (C=O) groups is 1. The van der Waals surface area contributed by atoms with E-state index in [2.05, 4.69) is 9.97 Å². The Kier molecular flexibility index (Phi) is 4.78. The first-order chi connectivity index (χ1) is 11.9. The molecule has 25 heavy (non-hydrogen) atoms. The summed E-state index contributed by atoms with van der Waals surface area (Å²) in [7, 11) is 0. The van der Waals surface area contributed by atoms with Gasteiger partial charge in [0.1, 0.15) is 5.82 Å². The van der Waals surface area contributed by atoms with Crippen LogP contribution in [0.15, 0.2) is 41.2 Å². The van der Waals surface area contributed by atoms with Crippen molar-refractivity contribution < 1.29 is 4.79 Å². The zero-order valence-electron chi connectivity index (χ0n) is 12.4. The van der Waals surface area contributed by atoms with Gasteiger partial charge < -0.3 is 4.98 Å². The molecule has 1 unspecified atom stereocenters. The van der Waals surface area contributed by atoms with Crippen molar-refractivity contribution in [2.45, 2.75) is 5.92 Å². The van der Waals surface area contributed by atoms with E-state index in [4.69, 9.17) is 34.8 Å². The highest BCUT2D eigenvalue weighted by Crippen LogP contribution is 2.27. The molecule has 1 heterocycles. The van der Waals surface area contributed by atoms with Crippen LogP contribution in [0.4, 0.5) is 0 Å². The number of halogens is 3. The molecular formula is C17H8Cl3N3O2. The standard InChI is InChI=1S/C17H8Cl3N3O2/c18-8-4-5-9(12(20)6-8)15(24)10(7-21)16-22-13-3-1-2-11(19)14(13)17(25)23-16/h1-6,10H,(H,22,23,25). The molecule has 0 saturated carbocycles. The summed E-state index contributed by atoms with van der Waals surface area (Å²) in [6, 6.07) is 10.9. The number of hydrogen-bond donors (Lipinski definition) is 1. The van der Waals surface area contributed by atoms with E-state index >= 15 is 0 Å². The summed E-state index contributed by atoms with van der Waals surface area (Å²) in [6.45, 7) is 0. The van der Waals surface area contributed by atoms with Crippen molar-refractivity contribution in [2.75, 3.05) is 0 Å². The molecule has 0 aliphatic rings. The maximum atomic E-state index is 12.7. The molecule has 3 rings (SSSR count). The van der Waals surface area contributed by atoms with Crippen molar-refractivity contribution in [3.05, 3.63) is 73.2 Å². The van der Waals surface area contributed by atoms with E-state index in [1.54, 1.807) is 18.2 Å². The highest BCUT2D eigenvalue weighted by Gasteiger charge is 2.26. The third-order valence-electron chi connectivity index (χ3n) is 3.56. The Morgan fingerprint density at radius 1 is 1.16 bits per heavy atom. The van der Waals surface area contributed by atoms with Gasteiger partial charge in [-0.25, -0.2) is 4.98 Å². The highest BCUT2D eigenvalue weighted by atomic mass is 35.5. The number of nitrogens with one attached hydrogen (secondary N) is 1. The fraction of sp³-hybridized carbons (Fsp3) is 0.0588. The number of aromatic nitrogens is 2. The van der Waals surface area contributed by atoms with Crippen LogP contribution in [0.25, 0.3) is 10.9 Å². The Morgan fingerprint density at radius 2 is 1.92 bits per heavy atom. The molecule has 0 spiro atoms. The third-order valence-corrected chi connectivity index (χ3v) is 4.43. The fourth-order valence-corrected chi connectivity index (χ4v) is 3.15. The molecule has 0 saturated heterocycles. The molecule has 1 atom stereocenters. The van der Waals surface area contributed by atoms with Crippen LogP contribution in [-0.2, 0) is 0 Å². The topological polar surface area (TPSA) is 86.6 Å². The summed E-state index contributed by atoms with van der Waals surface area (Å²) in [5, 5.41) is 10.4. The van der Waals surface area contributed by atoms with Gasteiger partial charge in [-0.2, -0.15) is 5.26 Å². The summed E-state index contributed by atoms with van der Waals surface area (Å²) in [4.78, 5) is 31.6. The third kappa shape index (κ3) is 3.24. The van der Waals surface area contributed by atoms with Gasteiger partial charge in [0.05, 0.1) is 27.0 Å². The summed E-state index contributed by atoms with van der Waals surface area (Å²) in [5.74, 6) is -1.98. The number of Topliss-reactive ketones (excluding diaryl/α,β-unsaturated/α-hetero) is 1. The molecule has 8 heteroatoms. The van der Waals surface area contributed by atoms with Crippen molar-refractivity contribution in [2.24, 2.45) is 0 Å². The molecule has 0 radical (unpaired) electrons. The highest BCUT2D eigenvalue weighted by molar-refractivity contribution is 6.37. The number of H-pyrrole nitrogens is 1. The second-order valence-electron chi connectivity index (χ2n) is 5.14. The lowest BCUT2D eigenvalue weighted by atomic mass is 9.98. The van der Waals surface area contributed by atoms with E-state index in [9.17, 15) is 14.9 Å². The van der Waals surface area contributed by atoms with Gasteiger partial charge in [0.2, 0.25) is 0 Å². The van der Waals surface area contributed by atoms with Gasteiger partial charge in [-0.1, -0.05) is 40.9 Å². The number of fused-ring (bicyclic) bond motifs is 1. The summed E-state index contributed by atoms with van der Waals surface area (Å²) in [5.41, 5.74) is -0.117. The van der Waals surface area contributed by atoms with Crippen molar-refractivity contribution in [1.29, 1.82) is 5.26 Å². The van der Waals surface area contributed by atoms with E-state index in [0.717, 1.165) is 0 Å². The predicted molar refractivity (Wildman–Crippen MR) is 96.5 cm³/mol. The van der Waals surface area contributed by atoms with Crippen LogP contribution in [0.2, 0.25) is 15.1 Å². The molecule has 124 valence electrons. The Labute approximate surface area is 156 Å². The maximum absolute atomic E-state index is 12.7. The smallest absolute Gasteiger partial charge is 0.260 e. The molecular weight excluding hydrogens is 385 g/mol. The van der Waals surface area contributed by atoms with Crippen molar-refractivity contribution in [3.8, 4) is 6.07 Å². The van der Waals surface area contributed by atoms with Gasteiger partial charge in [-0.15, -0.1) is 0 Å². The molecule has 0 aliphatic carbocycles. The van der Waals surface area contributed by atoms with E-state index in [1.807, 2.05) is 6.07 Å². The molecule has 5 nitrogen and oxygen atoms in total. The minimum atomic E-state index is -1.32. The number of rotatable bonds is 3.